The maximum Gasteiger partial charge on any atom is 0.258 e. The normalized spacial score (nSPS) is 12.5. The van der Waals surface area contributed by atoms with Crippen molar-refractivity contribution in [2.45, 2.75) is 75.3 Å². The fourth-order valence-electron chi connectivity index (χ4n) is 3.29. The minimum Gasteiger partial charge on any atom is -0.484 e. The van der Waals surface area contributed by atoms with E-state index in [0.717, 1.165) is 35.5 Å². The minimum absolute atomic E-state index is 0.0115. The minimum atomic E-state index is -0.107. The molecule has 0 aromatic heterocycles. The van der Waals surface area contributed by atoms with E-state index in [0.29, 0.717) is 11.5 Å². The van der Waals surface area contributed by atoms with E-state index in [1.54, 1.807) is 11.8 Å². The standard InChI is InChI=1S/C26H36N2O4S/c1-5-7-19(3)27-25(29)17-31-21-9-13-23(14-10-21)33-24-15-11-22(12-16-24)32-18-26(30)28-20(4)8-6-2/h9-16,19-20H,5-8,17-18H2,1-4H3,(H,27,29)(H,28,30)/t19-,20+. The predicted molar refractivity (Wildman–Crippen MR) is 133 cm³/mol. The van der Waals surface area contributed by atoms with Gasteiger partial charge >= 0.3 is 0 Å². The highest BCUT2D eigenvalue weighted by Crippen LogP contribution is 2.30. The number of ether oxygens (including phenoxy) is 2. The van der Waals surface area contributed by atoms with Gasteiger partial charge in [-0.25, -0.2) is 0 Å². The Labute approximate surface area is 201 Å². The Bertz CT molecular complexity index is 784. The van der Waals surface area contributed by atoms with Crippen LogP contribution < -0.4 is 20.1 Å². The molecule has 0 heterocycles. The molecule has 0 saturated heterocycles. The second kappa shape index (κ2) is 14.5. The zero-order chi connectivity index (χ0) is 24.1. The van der Waals surface area contributed by atoms with Crippen LogP contribution in [0.1, 0.15) is 53.4 Å². The van der Waals surface area contributed by atoms with E-state index in [1.165, 1.54) is 0 Å². The van der Waals surface area contributed by atoms with Crippen molar-refractivity contribution >= 4 is 23.6 Å². The molecule has 0 fully saturated rings. The molecule has 2 rings (SSSR count). The van der Waals surface area contributed by atoms with Crippen molar-refractivity contribution in [3.05, 3.63) is 48.5 Å². The molecular weight excluding hydrogens is 436 g/mol. The number of benzene rings is 2. The van der Waals surface area contributed by atoms with Gasteiger partial charge in [-0.15, -0.1) is 0 Å². The number of hydrogen-bond acceptors (Lipinski definition) is 5. The molecular formula is C26H36N2O4S. The van der Waals surface area contributed by atoms with Crippen LogP contribution in [0, 0.1) is 0 Å². The van der Waals surface area contributed by atoms with Gasteiger partial charge in [0, 0.05) is 21.9 Å². The fraction of sp³-hybridized carbons (Fsp3) is 0.462. The van der Waals surface area contributed by atoms with Gasteiger partial charge in [-0.2, -0.15) is 0 Å². The summed E-state index contributed by atoms with van der Waals surface area (Å²) in [5, 5.41) is 5.85. The molecule has 0 aliphatic carbocycles. The van der Waals surface area contributed by atoms with E-state index >= 15 is 0 Å². The molecule has 2 atom stereocenters. The maximum absolute atomic E-state index is 11.9. The first kappa shape index (κ1) is 26.6. The zero-order valence-electron chi connectivity index (χ0n) is 20.1. The van der Waals surface area contributed by atoms with Crippen LogP contribution >= 0.6 is 11.8 Å². The third kappa shape index (κ3) is 10.7. The Morgan fingerprint density at radius 1 is 0.727 bits per heavy atom. The molecule has 0 aliphatic heterocycles. The lowest BCUT2D eigenvalue weighted by molar-refractivity contribution is -0.124. The summed E-state index contributed by atoms with van der Waals surface area (Å²) in [5.41, 5.74) is 0. The average Bonchev–Trinajstić information content (AvgIpc) is 2.78. The third-order valence-corrected chi connectivity index (χ3v) is 5.90. The molecule has 33 heavy (non-hydrogen) atoms. The van der Waals surface area contributed by atoms with E-state index in [4.69, 9.17) is 9.47 Å². The van der Waals surface area contributed by atoms with Crippen molar-refractivity contribution in [3.63, 3.8) is 0 Å². The highest BCUT2D eigenvalue weighted by Gasteiger charge is 2.09. The van der Waals surface area contributed by atoms with Gasteiger partial charge in [0.2, 0.25) is 0 Å². The van der Waals surface area contributed by atoms with Crippen LogP contribution in [-0.4, -0.2) is 37.1 Å². The van der Waals surface area contributed by atoms with Gasteiger partial charge in [0.05, 0.1) is 0 Å². The lowest BCUT2D eigenvalue weighted by Gasteiger charge is -2.13. The van der Waals surface area contributed by atoms with E-state index in [9.17, 15) is 9.59 Å². The first-order valence-corrected chi connectivity index (χ1v) is 12.4. The van der Waals surface area contributed by atoms with Gasteiger partial charge in [-0.3, -0.25) is 9.59 Å². The topological polar surface area (TPSA) is 76.7 Å². The van der Waals surface area contributed by atoms with Crippen LogP contribution in [0.25, 0.3) is 0 Å². The number of amides is 2. The second-order valence-electron chi connectivity index (χ2n) is 8.14. The molecule has 2 amide bonds. The Kier molecular flexibility index (Phi) is 11.7. The molecule has 7 heteroatoms. The van der Waals surface area contributed by atoms with Gasteiger partial charge in [-0.1, -0.05) is 38.5 Å². The fourth-order valence-corrected chi connectivity index (χ4v) is 4.10. The summed E-state index contributed by atoms with van der Waals surface area (Å²) in [6.07, 6.45) is 3.98. The van der Waals surface area contributed by atoms with Crippen molar-refractivity contribution < 1.29 is 19.1 Å². The lowest BCUT2D eigenvalue weighted by Crippen LogP contribution is -2.35. The van der Waals surface area contributed by atoms with Crippen LogP contribution in [0.2, 0.25) is 0 Å². The molecule has 0 unspecified atom stereocenters. The molecule has 0 saturated carbocycles. The third-order valence-electron chi connectivity index (χ3n) is 4.88. The largest absolute Gasteiger partial charge is 0.484 e. The lowest BCUT2D eigenvalue weighted by atomic mass is 10.2. The number of nitrogens with one attached hydrogen (secondary N) is 2. The molecule has 0 aliphatic rings. The quantitative estimate of drug-likeness (QED) is 0.395. The second-order valence-corrected chi connectivity index (χ2v) is 9.28. The SMILES string of the molecule is CCC[C@@H](C)NC(=O)COc1ccc(Sc2ccc(OCC(=O)N[C@@H](C)CCC)cc2)cc1. The van der Waals surface area contributed by atoms with E-state index < -0.39 is 0 Å². The van der Waals surface area contributed by atoms with Gasteiger partial charge in [0.15, 0.2) is 13.2 Å². The van der Waals surface area contributed by atoms with Crippen LogP contribution in [-0.2, 0) is 9.59 Å². The predicted octanol–water partition coefficient (Wildman–Crippen LogP) is 5.21. The number of rotatable bonds is 14. The van der Waals surface area contributed by atoms with Crippen molar-refractivity contribution in [1.82, 2.24) is 10.6 Å². The molecule has 0 radical (unpaired) electrons. The summed E-state index contributed by atoms with van der Waals surface area (Å²) < 4.78 is 11.2. The molecule has 2 aromatic carbocycles. The first-order chi connectivity index (χ1) is 15.9. The van der Waals surface area contributed by atoms with E-state index in [2.05, 4.69) is 24.5 Å². The molecule has 0 spiro atoms. The zero-order valence-corrected chi connectivity index (χ0v) is 20.9. The van der Waals surface area contributed by atoms with Crippen molar-refractivity contribution in [2.75, 3.05) is 13.2 Å². The van der Waals surface area contributed by atoms with Gasteiger partial charge in [0.1, 0.15) is 11.5 Å². The summed E-state index contributed by atoms with van der Waals surface area (Å²) in [6, 6.07) is 15.6. The summed E-state index contributed by atoms with van der Waals surface area (Å²) in [4.78, 5) is 26.0. The van der Waals surface area contributed by atoms with Crippen molar-refractivity contribution in [1.29, 1.82) is 0 Å². The van der Waals surface area contributed by atoms with Crippen molar-refractivity contribution in [3.8, 4) is 11.5 Å². The molecule has 2 aromatic rings. The Balaban J connectivity index is 1.76. The Morgan fingerprint density at radius 2 is 1.09 bits per heavy atom. The van der Waals surface area contributed by atoms with Crippen LogP contribution in [0.4, 0.5) is 0 Å². The van der Waals surface area contributed by atoms with Crippen LogP contribution in [0.3, 0.4) is 0 Å². The number of hydrogen-bond donors (Lipinski definition) is 2. The molecule has 6 nitrogen and oxygen atoms in total. The van der Waals surface area contributed by atoms with Gasteiger partial charge < -0.3 is 20.1 Å². The highest BCUT2D eigenvalue weighted by atomic mass is 32.2. The smallest absolute Gasteiger partial charge is 0.258 e. The van der Waals surface area contributed by atoms with E-state index in [1.807, 2.05) is 62.4 Å². The molecule has 180 valence electrons. The van der Waals surface area contributed by atoms with Gasteiger partial charge in [0.25, 0.3) is 11.8 Å². The monoisotopic (exact) mass is 472 g/mol. The summed E-state index contributed by atoms with van der Waals surface area (Å²) in [6.45, 7) is 8.21. The average molecular weight is 473 g/mol. The van der Waals surface area contributed by atoms with Crippen LogP contribution in [0.15, 0.2) is 58.3 Å². The highest BCUT2D eigenvalue weighted by molar-refractivity contribution is 7.99. The van der Waals surface area contributed by atoms with Gasteiger partial charge in [-0.05, 0) is 75.2 Å². The Morgan fingerprint density at radius 3 is 1.42 bits per heavy atom. The maximum atomic E-state index is 11.9. The van der Waals surface area contributed by atoms with Crippen LogP contribution in [0.5, 0.6) is 11.5 Å². The van der Waals surface area contributed by atoms with Crippen molar-refractivity contribution in [2.24, 2.45) is 0 Å². The number of carbonyl (C=O) groups excluding carboxylic acids is 2. The Hall–Kier alpha value is -2.67. The summed E-state index contributed by atoms with van der Waals surface area (Å²) >= 11 is 1.61. The molecule has 0 bridgehead atoms. The summed E-state index contributed by atoms with van der Waals surface area (Å²) in [7, 11) is 0. The first-order valence-electron chi connectivity index (χ1n) is 11.6. The van der Waals surface area contributed by atoms with E-state index in [-0.39, 0.29) is 37.1 Å². The number of carbonyl (C=O) groups is 2. The summed E-state index contributed by atoms with van der Waals surface area (Å²) in [5.74, 6) is 1.11. The molecule has 2 N–H and O–H groups in total.